The maximum atomic E-state index is 13.7. The highest BCUT2D eigenvalue weighted by atomic mass is 32.1. The molecule has 1 unspecified atom stereocenters. The van der Waals surface area contributed by atoms with Crippen molar-refractivity contribution >= 4 is 27.6 Å². The van der Waals surface area contributed by atoms with Crippen LogP contribution < -0.4 is 15.4 Å². The van der Waals surface area contributed by atoms with Crippen LogP contribution in [0.1, 0.15) is 32.6 Å². The Morgan fingerprint density at radius 1 is 1.23 bits per heavy atom. The van der Waals surface area contributed by atoms with Gasteiger partial charge in [-0.05, 0) is 38.7 Å². The summed E-state index contributed by atoms with van der Waals surface area (Å²) in [7, 11) is 0. The van der Waals surface area contributed by atoms with Crippen molar-refractivity contribution in [2.24, 2.45) is 0 Å². The number of rotatable bonds is 6. The van der Waals surface area contributed by atoms with Gasteiger partial charge in [0.2, 0.25) is 0 Å². The number of nitrogens with zero attached hydrogens (tertiary/aromatic N) is 2. The second kappa shape index (κ2) is 8.97. The molecule has 4 rings (SSSR count). The average molecular weight is 443 g/mol. The number of thiazole rings is 1. The molecule has 1 aromatic heterocycles. The molecule has 1 aromatic carbocycles. The van der Waals surface area contributed by atoms with E-state index in [-0.39, 0.29) is 30.0 Å². The van der Waals surface area contributed by atoms with Crippen LogP contribution in [-0.4, -0.2) is 59.7 Å². The molecule has 2 aromatic rings. The van der Waals surface area contributed by atoms with Crippen LogP contribution in [-0.2, 0) is 0 Å². The molecule has 0 bridgehead atoms. The fourth-order valence-corrected chi connectivity index (χ4v) is 4.68. The fourth-order valence-electron chi connectivity index (χ4n) is 3.97. The number of benzene rings is 1. The van der Waals surface area contributed by atoms with Gasteiger partial charge in [0.15, 0.2) is 0 Å². The summed E-state index contributed by atoms with van der Waals surface area (Å²) >= 11 is 1.35. The molecule has 10 heteroatoms. The van der Waals surface area contributed by atoms with Gasteiger partial charge in [0.25, 0.3) is 6.43 Å². The molecule has 1 aliphatic carbocycles. The maximum Gasteiger partial charge on any atom is 0.317 e. The third kappa shape index (κ3) is 4.80. The molecular weight excluding hydrogens is 417 g/mol. The summed E-state index contributed by atoms with van der Waals surface area (Å²) in [5, 5.41) is 5.98. The Morgan fingerprint density at radius 3 is 2.63 bits per heavy atom. The monoisotopic (exact) mass is 442 g/mol. The van der Waals surface area contributed by atoms with Crippen LogP contribution in [0.3, 0.4) is 0 Å². The van der Waals surface area contributed by atoms with Gasteiger partial charge >= 0.3 is 6.03 Å². The summed E-state index contributed by atoms with van der Waals surface area (Å²) in [6, 6.07) is 1.91. The summed E-state index contributed by atoms with van der Waals surface area (Å²) in [5.41, 5.74) is 2.28. The zero-order valence-corrected chi connectivity index (χ0v) is 17.4. The van der Waals surface area contributed by atoms with Crippen molar-refractivity contribution in [2.45, 2.75) is 63.3 Å². The first-order valence-electron chi connectivity index (χ1n) is 10.2. The number of nitrogens with one attached hydrogen (secondary N) is 2. The summed E-state index contributed by atoms with van der Waals surface area (Å²) in [6.45, 7) is 2.34. The van der Waals surface area contributed by atoms with Gasteiger partial charge in [0.1, 0.15) is 23.2 Å². The van der Waals surface area contributed by atoms with Crippen LogP contribution in [0.4, 0.5) is 18.0 Å². The number of fused-ring (bicyclic) bond motifs is 1. The third-order valence-electron chi connectivity index (χ3n) is 5.73. The van der Waals surface area contributed by atoms with Gasteiger partial charge in [0.05, 0.1) is 29.3 Å². The first-order chi connectivity index (χ1) is 14.4. The van der Waals surface area contributed by atoms with Gasteiger partial charge in [0, 0.05) is 18.2 Å². The molecule has 2 amide bonds. The lowest BCUT2D eigenvalue weighted by Gasteiger charge is -2.40. The van der Waals surface area contributed by atoms with Gasteiger partial charge < -0.3 is 20.3 Å². The van der Waals surface area contributed by atoms with E-state index in [2.05, 4.69) is 15.6 Å². The zero-order chi connectivity index (χ0) is 21.3. The van der Waals surface area contributed by atoms with Crippen LogP contribution in [0.15, 0.2) is 17.6 Å². The van der Waals surface area contributed by atoms with Gasteiger partial charge in [-0.15, -0.1) is 11.3 Å². The second-order valence-corrected chi connectivity index (χ2v) is 8.92. The highest BCUT2D eigenvalue weighted by molar-refractivity contribution is 7.16. The quantitative estimate of drug-likeness (QED) is 0.715. The van der Waals surface area contributed by atoms with Crippen LogP contribution >= 0.6 is 11.3 Å². The SMILES string of the molecule is CC(N[C@H]1CC[C@H](NC(=O)N2CC(Oc3cc(F)cc4scnc34)C2)CC1)C(F)F. The van der Waals surface area contributed by atoms with Crippen LogP contribution in [0.25, 0.3) is 10.2 Å². The molecule has 0 spiro atoms. The Bertz CT molecular complexity index is 882. The second-order valence-electron chi connectivity index (χ2n) is 8.04. The third-order valence-corrected chi connectivity index (χ3v) is 6.50. The van der Waals surface area contributed by atoms with E-state index in [1.54, 1.807) is 10.4 Å². The van der Waals surface area contributed by atoms with Crippen LogP contribution in [0, 0.1) is 5.82 Å². The molecule has 1 saturated heterocycles. The number of likely N-dealkylation sites (tertiary alicyclic amines) is 1. The highest BCUT2D eigenvalue weighted by Crippen LogP contribution is 2.30. The van der Waals surface area contributed by atoms with Crippen molar-refractivity contribution in [1.82, 2.24) is 20.5 Å². The number of urea groups is 1. The molecule has 2 N–H and O–H groups in total. The van der Waals surface area contributed by atoms with E-state index in [0.717, 1.165) is 30.4 Å². The highest BCUT2D eigenvalue weighted by Gasteiger charge is 2.34. The minimum atomic E-state index is -2.37. The molecule has 1 atom stereocenters. The van der Waals surface area contributed by atoms with Crippen molar-refractivity contribution in [2.75, 3.05) is 13.1 Å². The minimum Gasteiger partial charge on any atom is -0.484 e. The lowest BCUT2D eigenvalue weighted by atomic mass is 9.91. The van der Waals surface area contributed by atoms with Crippen molar-refractivity contribution in [3.63, 3.8) is 0 Å². The molecule has 1 aliphatic heterocycles. The number of carbonyl (C=O) groups is 1. The Kier molecular flexibility index (Phi) is 6.33. The lowest BCUT2D eigenvalue weighted by molar-refractivity contribution is 0.0433. The summed E-state index contributed by atoms with van der Waals surface area (Å²) < 4.78 is 45.6. The van der Waals surface area contributed by atoms with Crippen molar-refractivity contribution in [1.29, 1.82) is 0 Å². The molecule has 2 fully saturated rings. The van der Waals surface area contributed by atoms with E-state index in [4.69, 9.17) is 4.74 Å². The summed E-state index contributed by atoms with van der Waals surface area (Å²) in [5.74, 6) is 0.0314. The molecule has 164 valence electrons. The standard InChI is InChI=1S/C20H25F3N4O2S/c1-11(19(22)23)25-13-2-4-14(5-3-13)26-20(28)27-8-15(9-27)29-16-6-12(21)7-17-18(16)24-10-30-17/h6-7,10-11,13-15,19,25H,2-5,8-9H2,1H3,(H,26,28)/t11?,13-,14-. The molecule has 0 radical (unpaired) electrons. The average Bonchev–Trinajstić information content (AvgIpc) is 3.14. The molecule has 2 heterocycles. The summed E-state index contributed by atoms with van der Waals surface area (Å²) in [4.78, 5) is 18.3. The Balaban J connectivity index is 1.20. The lowest BCUT2D eigenvalue weighted by Crippen LogP contribution is -2.60. The fraction of sp³-hybridized carbons (Fsp3) is 0.600. The molecule has 1 saturated carbocycles. The first-order valence-corrected chi connectivity index (χ1v) is 11.1. The van der Waals surface area contributed by atoms with Gasteiger partial charge in [-0.3, -0.25) is 0 Å². The molecule has 2 aliphatic rings. The smallest absolute Gasteiger partial charge is 0.317 e. The van der Waals surface area contributed by atoms with Crippen molar-refractivity contribution < 1.29 is 22.7 Å². The Morgan fingerprint density at radius 2 is 1.93 bits per heavy atom. The topological polar surface area (TPSA) is 66.5 Å². The number of alkyl halides is 2. The largest absolute Gasteiger partial charge is 0.484 e. The number of aromatic nitrogens is 1. The van der Waals surface area contributed by atoms with E-state index in [9.17, 15) is 18.0 Å². The van der Waals surface area contributed by atoms with E-state index < -0.39 is 12.5 Å². The Labute approximate surface area is 176 Å². The van der Waals surface area contributed by atoms with Crippen LogP contribution in [0.2, 0.25) is 0 Å². The van der Waals surface area contributed by atoms with E-state index in [0.29, 0.717) is 24.4 Å². The molecule has 6 nitrogen and oxygen atoms in total. The van der Waals surface area contributed by atoms with Crippen molar-refractivity contribution in [3.8, 4) is 5.75 Å². The normalized spacial score (nSPS) is 23.4. The number of amides is 2. The van der Waals surface area contributed by atoms with Gasteiger partial charge in [-0.2, -0.15) is 0 Å². The first kappa shape index (κ1) is 21.2. The maximum absolute atomic E-state index is 13.7. The predicted octanol–water partition coefficient (Wildman–Crippen LogP) is 3.76. The number of hydrogen-bond donors (Lipinski definition) is 2. The van der Waals surface area contributed by atoms with Gasteiger partial charge in [-0.25, -0.2) is 22.9 Å². The van der Waals surface area contributed by atoms with E-state index in [1.807, 2.05) is 0 Å². The van der Waals surface area contributed by atoms with E-state index in [1.165, 1.54) is 30.4 Å². The molecule has 30 heavy (non-hydrogen) atoms. The van der Waals surface area contributed by atoms with Crippen LogP contribution in [0.5, 0.6) is 5.75 Å². The number of hydrogen-bond acceptors (Lipinski definition) is 5. The minimum absolute atomic E-state index is 0.0511. The zero-order valence-electron chi connectivity index (χ0n) is 16.6. The number of carbonyl (C=O) groups excluding carboxylic acids is 1. The number of halogens is 3. The number of ether oxygens (including phenoxy) is 1. The Hall–Kier alpha value is -2.07. The molecular formula is C20H25F3N4O2S. The summed E-state index contributed by atoms with van der Waals surface area (Å²) in [6.07, 6.45) is 0.478. The predicted molar refractivity (Wildman–Crippen MR) is 109 cm³/mol. The van der Waals surface area contributed by atoms with Gasteiger partial charge in [-0.1, -0.05) is 0 Å². The van der Waals surface area contributed by atoms with E-state index >= 15 is 0 Å². The van der Waals surface area contributed by atoms with Crippen molar-refractivity contribution in [3.05, 3.63) is 23.5 Å².